The highest BCUT2D eigenvalue weighted by Gasteiger charge is 2.24. The summed E-state index contributed by atoms with van der Waals surface area (Å²) in [6.07, 6.45) is 1.82. The van der Waals surface area contributed by atoms with Crippen molar-refractivity contribution in [3.63, 3.8) is 0 Å². The van der Waals surface area contributed by atoms with Crippen molar-refractivity contribution in [3.05, 3.63) is 0 Å². The molecule has 1 aliphatic heterocycles. The van der Waals surface area contributed by atoms with Gasteiger partial charge in [0.15, 0.2) is 0 Å². The van der Waals surface area contributed by atoms with Crippen LogP contribution in [0.5, 0.6) is 0 Å². The molecule has 0 aromatic rings. The van der Waals surface area contributed by atoms with Gasteiger partial charge in [-0.15, -0.1) is 0 Å². The Balaban J connectivity index is 2.16. The van der Waals surface area contributed by atoms with Crippen LogP contribution in [0, 0.1) is 11.8 Å². The van der Waals surface area contributed by atoms with Crippen molar-refractivity contribution in [2.45, 2.75) is 32.8 Å². The molecule has 1 heterocycles. The van der Waals surface area contributed by atoms with Crippen molar-refractivity contribution in [3.8, 4) is 0 Å². The Bertz CT molecular complexity index is 161. The maximum absolute atomic E-state index is 9.34. The van der Waals surface area contributed by atoms with Crippen molar-refractivity contribution >= 4 is 0 Å². The van der Waals surface area contributed by atoms with Crippen LogP contribution in [0.3, 0.4) is 0 Å². The van der Waals surface area contributed by atoms with Crippen LogP contribution in [0.4, 0.5) is 0 Å². The molecule has 3 nitrogen and oxygen atoms in total. The highest BCUT2D eigenvalue weighted by Crippen LogP contribution is 2.23. The van der Waals surface area contributed by atoms with Gasteiger partial charge in [0.2, 0.25) is 0 Å². The third-order valence-electron chi connectivity index (χ3n) is 3.30. The second-order valence-electron chi connectivity index (χ2n) is 4.77. The lowest BCUT2D eigenvalue weighted by Gasteiger charge is -2.18. The average Bonchev–Trinajstić information content (AvgIpc) is 2.62. The SMILES string of the molecule is CC(C)C1CCN(CCC(O)CN)C1. The van der Waals surface area contributed by atoms with Gasteiger partial charge in [-0.3, -0.25) is 0 Å². The molecular formula is C11H24N2O. The number of aliphatic hydroxyl groups is 1. The molecule has 0 radical (unpaired) electrons. The van der Waals surface area contributed by atoms with Crippen molar-refractivity contribution < 1.29 is 5.11 Å². The number of aliphatic hydroxyl groups excluding tert-OH is 1. The summed E-state index contributed by atoms with van der Waals surface area (Å²) in [6.45, 7) is 8.38. The molecule has 0 amide bonds. The molecule has 3 N–H and O–H groups in total. The highest BCUT2D eigenvalue weighted by molar-refractivity contribution is 4.78. The Morgan fingerprint density at radius 2 is 2.21 bits per heavy atom. The lowest BCUT2D eigenvalue weighted by Crippen LogP contribution is -2.29. The third-order valence-corrected chi connectivity index (χ3v) is 3.30. The topological polar surface area (TPSA) is 49.5 Å². The monoisotopic (exact) mass is 200 g/mol. The molecule has 2 atom stereocenters. The zero-order chi connectivity index (χ0) is 10.6. The van der Waals surface area contributed by atoms with Gasteiger partial charge in [0.05, 0.1) is 6.10 Å². The highest BCUT2D eigenvalue weighted by atomic mass is 16.3. The van der Waals surface area contributed by atoms with Crippen LogP contribution >= 0.6 is 0 Å². The summed E-state index contributed by atoms with van der Waals surface area (Å²) in [7, 11) is 0. The molecule has 2 unspecified atom stereocenters. The standard InChI is InChI=1S/C11H24N2O/c1-9(2)10-3-5-13(8-10)6-4-11(14)7-12/h9-11,14H,3-8,12H2,1-2H3. The number of rotatable bonds is 5. The molecule has 0 saturated carbocycles. The predicted octanol–water partition coefficient (Wildman–Crippen LogP) is 0.674. The van der Waals surface area contributed by atoms with Gasteiger partial charge in [0.25, 0.3) is 0 Å². The average molecular weight is 200 g/mol. The van der Waals surface area contributed by atoms with Crippen molar-refractivity contribution in [2.24, 2.45) is 17.6 Å². The first-order valence-electron chi connectivity index (χ1n) is 5.74. The fourth-order valence-corrected chi connectivity index (χ4v) is 2.06. The van der Waals surface area contributed by atoms with Crippen molar-refractivity contribution in [1.29, 1.82) is 0 Å². The van der Waals surface area contributed by atoms with Gasteiger partial charge in [-0.1, -0.05) is 13.8 Å². The Morgan fingerprint density at radius 3 is 2.71 bits per heavy atom. The number of likely N-dealkylation sites (tertiary alicyclic amines) is 1. The summed E-state index contributed by atoms with van der Waals surface area (Å²) < 4.78 is 0. The molecule has 0 aromatic carbocycles. The van der Waals surface area contributed by atoms with Crippen LogP contribution in [-0.4, -0.2) is 42.3 Å². The van der Waals surface area contributed by atoms with Crippen molar-refractivity contribution in [2.75, 3.05) is 26.2 Å². The molecule has 3 heteroatoms. The van der Waals surface area contributed by atoms with E-state index in [0.717, 1.165) is 24.8 Å². The molecule has 1 fully saturated rings. The van der Waals surface area contributed by atoms with Crippen LogP contribution in [0.2, 0.25) is 0 Å². The lowest BCUT2D eigenvalue weighted by atomic mass is 9.95. The molecule has 1 saturated heterocycles. The van der Waals surface area contributed by atoms with E-state index in [-0.39, 0.29) is 6.10 Å². The van der Waals surface area contributed by atoms with Crippen molar-refractivity contribution in [1.82, 2.24) is 4.90 Å². The molecule has 1 aliphatic rings. The summed E-state index contributed by atoms with van der Waals surface area (Å²) >= 11 is 0. The van der Waals surface area contributed by atoms with Gasteiger partial charge < -0.3 is 15.7 Å². The lowest BCUT2D eigenvalue weighted by molar-refractivity contribution is 0.152. The van der Waals surface area contributed by atoms with Crippen LogP contribution in [0.1, 0.15) is 26.7 Å². The molecule has 14 heavy (non-hydrogen) atoms. The number of hydrogen-bond donors (Lipinski definition) is 2. The molecule has 0 aromatic heterocycles. The summed E-state index contributed by atoms with van der Waals surface area (Å²) in [5.41, 5.74) is 5.36. The number of hydrogen-bond acceptors (Lipinski definition) is 3. The van der Waals surface area contributed by atoms with E-state index < -0.39 is 0 Å². The summed E-state index contributed by atoms with van der Waals surface area (Å²) in [6, 6.07) is 0. The Hall–Kier alpha value is -0.120. The van der Waals surface area contributed by atoms with Gasteiger partial charge in [-0.2, -0.15) is 0 Å². The summed E-state index contributed by atoms with van der Waals surface area (Å²) in [4.78, 5) is 2.45. The molecule has 1 rings (SSSR count). The minimum absolute atomic E-state index is 0.312. The first-order valence-corrected chi connectivity index (χ1v) is 5.74. The molecule has 0 aliphatic carbocycles. The minimum atomic E-state index is -0.312. The smallest absolute Gasteiger partial charge is 0.0674 e. The second kappa shape index (κ2) is 5.69. The largest absolute Gasteiger partial charge is 0.392 e. The fraction of sp³-hybridized carbons (Fsp3) is 1.00. The molecule has 0 bridgehead atoms. The van der Waals surface area contributed by atoms with E-state index in [9.17, 15) is 5.11 Å². The van der Waals surface area contributed by atoms with Crippen LogP contribution in [0.25, 0.3) is 0 Å². The van der Waals surface area contributed by atoms with E-state index in [4.69, 9.17) is 5.73 Å². The van der Waals surface area contributed by atoms with Gasteiger partial charge in [-0.25, -0.2) is 0 Å². The number of nitrogens with two attached hydrogens (primary N) is 1. The second-order valence-corrected chi connectivity index (χ2v) is 4.77. The zero-order valence-electron chi connectivity index (χ0n) is 9.45. The first-order chi connectivity index (χ1) is 6.63. The van der Waals surface area contributed by atoms with Gasteiger partial charge >= 0.3 is 0 Å². The molecule has 0 spiro atoms. The van der Waals surface area contributed by atoms with E-state index in [2.05, 4.69) is 18.7 Å². The third kappa shape index (κ3) is 3.56. The van der Waals surface area contributed by atoms with E-state index >= 15 is 0 Å². The number of nitrogens with zero attached hydrogens (tertiary/aromatic N) is 1. The quantitative estimate of drug-likeness (QED) is 0.686. The zero-order valence-corrected chi connectivity index (χ0v) is 9.45. The Morgan fingerprint density at radius 1 is 1.50 bits per heavy atom. The maximum Gasteiger partial charge on any atom is 0.0674 e. The Labute approximate surface area is 87.3 Å². The Kier molecular flexibility index (Phi) is 4.85. The maximum atomic E-state index is 9.34. The fourth-order valence-electron chi connectivity index (χ4n) is 2.06. The first kappa shape index (κ1) is 12.0. The van der Waals surface area contributed by atoms with E-state index in [0.29, 0.717) is 6.54 Å². The van der Waals surface area contributed by atoms with E-state index in [1.165, 1.54) is 19.5 Å². The summed E-state index contributed by atoms with van der Waals surface area (Å²) in [5.74, 6) is 1.64. The van der Waals surface area contributed by atoms with Gasteiger partial charge in [0.1, 0.15) is 0 Å². The van der Waals surface area contributed by atoms with Crippen LogP contribution < -0.4 is 5.73 Å². The van der Waals surface area contributed by atoms with Crippen LogP contribution in [0.15, 0.2) is 0 Å². The molecular weight excluding hydrogens is 176 g/mol. The van der Waals surface area contributed by atoms with Gasteiger partial charge in [0, 0.05) is 19.6 Å². The summed E-state index contributed by atoms with van der Waals surface area (Å²) in [5, 5.41) is 9.34. The van der Waals surface area contributed by atoms with E-state index in [1.54, 1.807) is 0 Å². The van der Waals surface area contributed by atoms with Gasteiger partial charge in [-0.05, 0) is 31.2 Å². The van der Waals surface area contributed by atoms with Crippen LogP contribution in [-0.2, 0) is 0 Å². The minimum Gasteiger partial charge on any atom is -0.392 e. The molecule has 84 valence electrons. The normalized spacial score (nSPS) is 25.9. The van der Waals surface area contributed by atoms with E-state index in [1.807, 2.05) is 0 Å². The predicted molar refractivity (Wildman–Crippen MR) is 59.1 cm³/mol.